The lowest BCUT2D eigenvalue weighted by molar-refractivity contribution is -0.384. The second-order valence-electron chi connectivity index (χ2n) is 9.33. The molecule has 3 aromatic carbocycles. The Morgan fingerprint density at radius 2 is 1.84 bits per heavy atom. The van der Waals surface area contributed by atoms with E-state index in [0.717, 1.165) is 38.6 Å². The molecule has 0 aliphatic heterocycles. The smallest absolute Gasteiger partial charge is 0.282 e. The zero-order chi connectivity index (χ0) is 27.0. The zero-order valence-corrected chi connectivity index (χ0v) is 22.8. The lowest BCUT2D eigenvalue weighted by Crippen LogP contribution is -2.23. The van der Waals surface area contributed by atoms with E-state index in [0.29, 0.717) is 23.3 Å². The van der Waals surface area contributed by atoms with Gasteiger partial charge < -0.3 is 4.57 Å². The van der Waals surface area contributed by atoms with Crippen LogP contribution in [0.15, 0.2) is 81.1 Å². The van der Waals surface area contributed by atoms with Crippen molar-refractivity contribution in [3.63, 3.8) is 0 Å². The number of nitro groups is 1. The number of hydrogen-bond acceptors (Lipinski definition) is 5. The Bertz CT molecular complexity index is 1770. The van der Waals surface area contributed by atoms with Crippen molar-refractivity contribution in [2.75, 3.05) is 0 Å². The van der Waals surface area contributed by atoms with Crippen molar-refractivity contribution >= 4 is 49.6 Å². The van der Waals surface area contributed by atoms with Gasteiger partial charge in [-0.1, -0.05) is 60.1 Å². The molecule has 5 rings (SSSR count). The SMILES string of the molecule is CC[C@H](C)c1nc2ccc(Br)cc2c(=O)n1N=Cc1c(C)n(Cc2ccc([N+](=O)[O-])cc2)c2ccccc12. The second-order valence-corrected chi connectivity index (χ2v) is 10.2. The molecule has 0 fully saturated rings. The zero-order valence-electron chi connectivity index (χ0n) is 21.3. The molecule has 2 aromatic heterocycles. The van der Waals surface area contributed by atoms with E-state index >= 15 is 0 Å². The average molecular weight is 572 g/mol. The van der Waals surface area contributed by atoms with Crippen molar-refractivity contribution in [2.24, 2.45) is 5.10 Å². The number of benzene rings is 3. The fourth-order valence-electron chi connectivity index (χ4n) is 4.62. The van der Waals surface area contributed by atoms with E-state index in [-0.39, 0.29) is 17.2 Å². The van der Waals surface area contributed by atoms with Gasteiger partial charge in [0.1, 0.15) is 5.82 Å². The van der Waals surface area contributed by atoms with Crippen molar-refractivity contribution in [3.05, 3.63) is 114 Å². The molecular weight excluding hydrogens is 546 g/mol. The van der Waals surface area contributed by atoms with E-state index in [1.807, 2.05) is 50.2 Å². The summed E-state index contributed by atoms with van der Waals surface area (Å²) in [4.78, 5) is 29.0. The van der Waals surface area contributed by atoms with Gasteiger partial charge in [0, 0.05) is 51.2 Å². The topological polar surface area (TPSA) is 95.3 Å². The Morgan fingerprint density at radius 3 is 2.55 bits per heavy atom. The van der Waals surface area contributed by atoms with Crippen LogP contribution in [0.4, 0.5) is 5.69 Å². The summed E-state index contributed by atoms with van der Waals surface area (Å²) in [6.45, 7) is 6.66. The van der Waals surface area contributed by atoms with Crippen molar-refractivity contribution in [1.29, 1.82) is 0 Å². The first-order valence-corrected chi connectivity index (χ1v) is 13.2. The molecule has 0 N–H and O–H groups in total. The number of hydrogen-bond donors (Lipinski definition) is 0. The summed E-state index contributed by atoms with van der Waals surface area (Å²) in [5, 5.41) is 17.3. The summed E-state index contributed by atoms with van der Waals surface area (Å²) in [5.74, 6) is 0.660. The maximum atomic E-state index is 13.5. The van der Waals surface area contributed by atoms with Crippen LogP contribution in [0.2, 0.25) is 0 Å². The minimum Gasteiger partial charge on any atom is -0.340 e. The molecule has 0 spiro atoms. The van der Waals surface area contributed by atoms with E-state index in [2.05, 4.69) is 27.4 Å². The Balaban J connectivity index is 1.63. The molecule has 1 atom stereocenters. The quantitative estimate of drug-likeness (QED) is 0.122. The summed E-state index contributed by atoms with van der Waals surface area (Å²) in [6, 6.07) is 20.1. The fraction of sp³-hybridized carbons (Fsp3) is 0.207. The highest BCUT2D eigenvalue weighted by atomic mass is 79.9. The molecule has 0 unspecified atom stereocenters. The minimum absolute atomic E-state index is 0.0393. The van der Waals surface area contributed by atoms with E-state index < -0.39 is 4.92 Å². The van der Waals surface area contributed by atoms with Crippen LogP contribution in [-0.2, 0) is 6.54 Å². The highest BCUT2D eigenvalue weighted by molar-refractivity contribution is 9.10. The minimum atomic E-state index is -0.398. The number of fused-ring (bicyclic) bond motifs is 2. The highest BCUT2D eigenvalue weighted by Gasteiger charge is 2.17. The van der Waals surface area contributed by atoms with Gasteiger partial charge in [0.05, 0.1) is 22.0 Å². The van der Waals surface area contributed by atoms with Crippen LogP contribution in [0, 0.1) is 17.0 Å². The van der Waals surface area contributed by atoms with Gasteiger partial charge in [-0.25, -0.2) is 4.98 Å². The lowest BCUT2D eigenvalue weighted by Gasteiger charge is -2.14. The summed E-state index contributed by atoms with van der Waals surface area (Å²) >= 11 is 3.46. The number of aromatic nitrogens is 3. The maximum Gasteiger partial charge on any atom is 0.282 e. The third kappa shape index (κ3) is 4.65. The standard InChI is InChI=1S/C29H26BrN5O3/c1-4-18(2)28-32-26-14-11-21(30)15-24(26)29(36)34(28)31-16-25-19(3)33(27-8-6-5-7-23(25)27)17-20-9-12-22(13-10-20)35(37)38/h5-16,18H,4,17H2,1-3H3/t18-/m0/s1. The number of halogens is 1. The molecule has 0 bridgehead atoms. The Hall–Kier alpha value is -4.11. The van der Waals surface area contributed by atoms with Crippen LogP contribution < -0.4 is 5.56 Å². The van der Waals surface area contributed by atoms with Crippen LogP contribution in [0.1, 0.15) is 48.8 Å². The molecule has 192 valence electrons. The van der Waals surface area contributed by atoms with Gasteiger partial charge in [-0.15, -0.1) is 0 Å². The van der Waals surface area contributed by atoms with Crippen LogP contribution in [0.3, 0.4) is 0 Å². The molecule has 0 amide bonds. The Morgan fingerprint density at radius 1 is 1.11 bits per heavy atom. The summed E-state index contributed by atoms with van der Waals surface area (Å²) in [5.41, 5.74) is 4.34. The monoisotopic (exact) mass is 571 g/mol. The predicted molar refractivity (Wildman–Crippen MR) is 154 cm³/mol. The Kier molecular flexibility index (Phi) is 6.94. The Labute approximate surface area is 227 Å². The molecule has 9 heteroatoms. The summed E-state index contributed by atoms with van der Waals surface area (Å²) in [7, 11) is 0. The van der Waals surface area contributed by atoms with E-state index in [1.54, 1.807) is 24.4 Å². The van der Waals surface area contributed by atoms with Crippen molar-refractivity contribution in [1.82, 2.24) is 14.2 Å². The molecule has 0 saturated carbocycles. The molecule has 0 saturated heterocycles. The first kappa shape index (κ1) is 25.5. The van der Waals surface area contributed by atoms with Gasteiger partial charge in [-0.2, -0.15) is 9.78 Å². The van der Waals surface area contributed by atoms with Gasteiger partial charge in [0.25, 0.3) is 11.2 Å². The number of rotatable bonds is 7. The number of para-hydroxylation sites is 1. The van der Waals surface area contributed by atoms with Crippen molar-refractivity contribution in [3.8, 4) is 0 Å². The van der Waals surface area contributed by atoms with Crippen molar-refractivity contribution < 1.29 is 4.92 Å². The van der Waals surface area contributed by atoms with Crippen LogP contribution >= 0.6 is 15.9 Å². The number of nitro benzene ring substituents is 1. The first-order valence-electron chi connectivity index (χ1n) is 12.4. The molecular formula is C29H26BrN5O3. The molecule has 38 heavy (non-hydrogen) atoms. The third-order valence-electron chi connectivity index (χ3n) is 6.96. The largest absolute Gasteiger partial charge is 0.340 e. The fourth-order valence-corrected chi connectivity index (χ4v) is 4.99. The van der Waals surface area contributed by atoms with Crippen LogP contribution in [0.25, 0.3) is 21.8 Å². The van der Waals surface area contributed by atoms with E-state index in [1.165, 1.54) is 16.8 Å². The first-order chi connectivity index (χ1) is 18.3. The molecule has 0 aliphatic carbocycles. The molecule has 0 radical (unpaired) electrons. The normalized spacial score (nSPS) is 12.5. The predicted octanol–water partition coefficient (Wildman–Crippen LogP) is 6.77. The average Bonchev–Trinajstić information content (AvgIpc) is 3.18. The van der Waals surface area contributed by atoms with Gasteiger partial charge in [-0.3, -0.25) is 14.9 Å². The van der Waals surface area contributed by atoms with Gasteiger partial charge in [-0.05, 0) is 43.2 Å². The van der Waals surface area contributed by atoms with Gasteiger partial charge in [0.15, 0.2) is 0 Å². The van der Waals surface area contributed by atoms with Crippen LogP contribution in [-0.4, -0.2) is 25.4 Å². The summed E-state index contributed by atoms with van der Waals surface area (Å²) < 4.78 is 4.39. The molecule has 2 heterocycles. The molecule has 8 nitrogen and oxygen atoms in total. The number of non-ortho nitro benzene ring substituents is 1. The highest BCUT2D eigenvalue weighted by Crippen LogP contribution is 2.27. The van der Waals surface area contributed by atoms with Crippen molar-refractivity contribution in [2.45, 2.75) is 39.7 Å². The van der Waals surface area contributed by atoms with Gasteiger partial charge >= 0.3 is 0 Å². The molecule has 5 aromatic rings. The maximum absolute atomic E-state index is 13.5. The molecule has 0 aliphatic rings. The van der Waals surface area contributed by atoms with Gasteiger partial charge in [0.2, 0.25) is 0 Å². The van der Waals surface area contributed by atoms with E-state index in [9.17, 15) is 14.9 Å². The number of nitrogens with zero attached hydrogens (tertiary/aromatic N) is 5. The van der Waals surface area contributed by atoms with E-state index in [4.69, 9.17) is 10.1 Å². The second kappa shape index (κ2) is 10.3. The van der Waals surface area contributed by atoms with Crippen LogP contribution in [0.5, 0.6) is 0 Å². The third-order valence-corrected chi connectivity index (χ3v) is 7.45. The lowest BCUT2D eigenvalue weighted by atomic mass is 10.1. The summed E-state index contributed by atoms with van der Waals surface area (Å²) in [6.07, 6.45) is 2.56.